The van der Waals surface area contributed by atoms with E-state index >= 15 is 0 Å². The van der Waals surface area contributed by atoms with E-state index in [1.54, 1.807) is 7.11 Å². The molecule has 1 aromatic rings. The predicted octanol–water partition coefficient (Wildman–Crippen LogP) is 2.75. The molecule has 0 spiro atoms. The standard InChI is InChI=1S/C14H19NO3/c1-18-12-9-5-4-8-11(12)15-13(14(16)17)10-6-2-3-7-10/h4-5,8-10,13,15H,2-3,6-7H2,1H3,(H,16,17). The Balaban J connectivity index is 2.15. The Morgan fingerprint density at radius 1 is 1.39 bits per heavy atom. The van der Waals surface area contributed by atoms with Crippen molar-refractivity contribution in [2.45, 2.75) is 31.7 Å². The maximum atomic E-state index is 11.4. The lowest BCUT2D eigenvalue weighted by atomic mass is 9.98. The molecule has 1 atom stereocenters. The number of carboxylic acids is 1. The third-order valence-corrected chi connectivity index (χ3v) is 3.56. The molecule has 1 aliphatic carbocycles. The van der Waals surface area contributed by atoms with Crippen molar-refractivity contribution in [1.82, 2.24) is 0 Å². The fourth-order valence-corrected chi connectivity index (χ4v) is 2.60. The Morgan fingerprint density at radius 2 is 2.06 bits per heavy atom. The summed E-state index contributed by atoms with van der Waals surface area (Å²) in [4.78, 5) is 11.4. The van der Waals surface area contributed by atoms with Crippen LogP contribution in [0, 0.1) is 5.92 Å². The lowest BCUT2D eigenvalue weighted by molar-refractivity contribution is -0.139. The Hall–Kier alpha value is -1.71. The first-order chi connectivity index (χ1) is 8.72. The van der Waals surface area contributed by atoms with E-state index in [1.807, 2.05) is 24.3 Å². The van der Waals surface area contributed by atoms with Gasteiger partial charge >= 0.3 is 5.97 Å². The van der Waals surface area contributed by atoms with E-state index < -0.39 is 12.0 Å². The van der Waals surface area contributed by atoms with Gasteiger partial charge in [0.1, 0.15) is 11.8 Å². The number of nitrogens with one attached hydrogen (secondary N) is 1. The van der Waals surface area contributed by atoms with Gasteiger partial charge in [0.15, 0.2) is 0 Å². The molecule has 2 rings (SSSR count). The lowest BCUT2D eigenvalue weighted by Crippen LogP contribution is -2.35. The van der Waals surface area contributed by atoms with Crippen molar-refractivity contribution in [1.29, 1.82) is 0 Å². The van der Waals surface area contributed by atoms with Crippen LogP contribution in [0.4, 0.5) is 5.69 Å². The quantitative estimate of drug-likeness (QED) is 0.842. The number of aliphatic carboxylic acids is 1. The normalized spacial score (nSPS) is 17.4. The average Bonchev–Trinajstić information content (AvgIpc) is 2.89. The van der Waals surface area contributed by atoms with E-state index in [0.29, 0.717) is 5.75 Å². The highest BCUT2D eigenvalue weighted by atomic mass is 16.5. The predicted molar refractivity (Wildman–Crippen MR) is 70.0 cm³/mol. The van der Waals surface area contributed by atoms with Crippen LogP contribution in [0.25, 0.3) is 0 Å². The average molecular weight is 249 g/mol. The molecule has 18 heavy (non-hydrogen) atoms. The van der Waals surface area contributed by atoms with E-state index in [4.69, 9.17) is 4.74 Å². The van der Waals surface area contributed by atoms with Crippen molar-refractivity contribution in [3.8, 4) is 5.75 Å². The molecular formula is C14H19NO3. The molecular weight excluding hydrogens is 230 g/mol. The van der Waals surface area contributed by atoms with Crippen LogP contribution in [0.1, 0.15) is 25.7 Å². The number of rotatable bonds is 5. The molecule has 98 valence electrons. The molecule has 0 radical (unpaired) electrons. The summed E-state index contributed by atoms with van der Waals surface area (Å²) < 4.78 is 5.23. The number of benzene rings is 1. The first-order valence-electron chi connectivity index (χ1n) is 6.34. The van der Waals surface area contributed by atoms with Gasteiger partial charge in [0.2, 0.25) is 0 Å². The maximum Gasteiger partial charge on any atom is 0.326 e. The fraction of sp³-hybridized carbons (Fsp3) is 0.500. The molecule has 0 heterocycles. The molecule has 0 amide bonds. The Bertz CT molecular complexity index is 413. The summed E-state index contributed by atoms with van der Waals surface area (Å²) in [7, 11) is 1.59. The molecule has 1 unspecified atom stereocenters. The fourth-order valence-electron chi connectivity index (χ4n) is 2.60. The smallest absolute Gasteiger partial charge is 0.326 e. The second-order valence-corrected chi connectivity index (χ2v) is 4.71. The van der Waals surface area contributed by atoms with Gasteiger partial charge in [0.25, 0.3) is 0 Å². The van der Waals surface area contributed by atoms with Crippen molar-refractivity contribution in [3.05, 3.63) is 24.3 Å². The van der Waals surface area contributed by atoms with Crippen molar-refractivity contribution >= 4 is 11.7 Å². The van der Waals surface area contributed by atoms with Gasteiger partial charge < -0.3 is 15.2 Å². The van der Waals surface area contributed by atoms with Crippen LogP contribution >= 0.6 is 0 Å². The molecule has 4 nitrogen and oxygen atoms in total. The molecule has 0 bridgehead atoms. The molecule has 1 saturated carbocycles. The van der Waals surface area contributed by atoms with Gasteiger partial charge in [0, 0.05) is 0 Å². The molecule has 1 fully saturated rings. The highest BCUT2D eigenvalue weighted by Gasteiger charge is 2.30. The summed E-state index contributed by atoms with van der Waals surface area (Å²) in [5.74, 6) is 0.113. The number of methoxy groups -OCH3 is 1. The number of hydrogen-bond donors (Lipinski definition) is 2. The highest BCUT2D eigenvalue weighted by Crippen LogP contribution is 2.32. The van der Waals surface area contributed by atoms with Crippen molar-refractivity contribution in [3.63, 3.8) is 0 Å². The zero-order valence-corrected chi connectivity index (χ0v) is 10.6. The number of anilines is 1. The van der Waals surface area contributed by atoms with Crippen LogP contribution in [-0.4, -0.2) is 24.2 Å². The van der Waals surface area contributed by atoms with Crippen LogP contribution in [0.2, 0.25) is 0 Å². The van der Waals surface area contributed by atoms with Crippen LogP contribution in [0.3, 0.4) is 0 Å². The van der Waals surface area contributed by atoms with E-state index in [1.165, 1.54) is 0 Å². The second kappa shape index (κ2) is 5.76. The Labute approximate surface area is 107 Å². The van der Waals surface area contributed by atoms with E-state index in [-0.39, 0.29) is 5.92 Å². The Morgan fingerprint density at radius 3 is 2.67 bits per heavy atom. The Kier molecular flexibility index (Phi) is 4.07. The van der Waals surface area contributed by atoms with Crippen molar-refractivity contribution in [2.75, 3.05) is 12.4 Å². The summed E-state index contributed by atoms with van der Waals surface area (Å²) in [5, 5.41) is 12.5. The van der Waals surface area contributed by atoms with Gasteiger partial charge in [-0.05, 0) is 30.9 Å². The monoisotopic (exact) mass is 249 g/mol. The van der Waals surface area contributed by atoms with Gasteiger partial charge in [0.05, 0.1) is 12.8 Å². The summed E-state index contributed by atoms with van der Waals surface area (Å²) >= 11 is 0. The van der Waals surface area contributed by atoms with Gasteiger partial charge in [-0.25, -0.2) is 4.79 Å². The summed E-state index contributed by atoms with van der Waals surface area (Å²) in [6.45, 7) is 0. The summed E-state index contributed by atoms with van der Waals surface area (Å²) in [6, 6.07) is 6.90. The topological polar surface area (TPSA) is 58.6 Å². The minimum absolute atomic E-state index is 0.215. The van der Waals surface area contributed by atoms with Crippen LogP contribution in [0.15, 0.2) is 24.3 Å². The van der Waals surface area contributed by atoms with Gasteiger partial charge in [-0.1, -0.05) is 25.0 Å². The zero-order valence-electron chi connectivity index (χ0n) is 10.6. The van der Waals surface area contributed by atoms with Crippen molar-refractivity contribution in [2.24, 2.45) is 5.92 Å². The lowest BCUT2D eigenvalue weighted by Gasteiger charge is -2.22. The summed E-state index contributed by atoms with van der Waals surface area (Å²) in [6.07, 6.45) is 4.22. The minimum Gasteiger partial charge on any atom is -0.495 e. The van der Waals surface area contributed by atoms with E-state index in [2.05, 4.69) is 5.32 Å². The molecule has 1 aromatic carbocycles. The van der Waals surface area contributed by atoms with Gasteiger partial charge in [-0.15, -0.1) is 0 Å². The number of ether oxygens (including phenoxy) is 1. The van der Waals surface area contributed by atoms with Crippen LogP contribution in [-0.2, 0) is 4.79 Å². The number of carboxylic acid groups (broad SMARTS) is 1. The third kappa shape index (κ3) is 2.75. The number of para-hydroxylation sites is 2. The van der Waals surface area contributed by atoms with Crippen molar-refractivity contribution < 1.29 is 14.6 Å². The zero-order chi connectivity index (χ0) is 13.0. The molecule has 0 aliphatic heterocycles. The minimum atomic E-state index is -0.784. The van der Waals surface area contributed by atoms with E-state index in [9.17, 15) is 9.90 Å². The number of hydrogen-bond acceptors (Lipinski definition) is 3. The second-order valence-electron chi connectivity index (χ2n) is 4.71. The van der Waals surface area contributed by atoms with Gasteiger partial charge in [-0.3, -0.25) is 0 Å². The molecule has 0 saturated heterocycles. The molecule has 4 heteroatoms. The molecule has 2 N–H and O–H groups in total. The SMILES string of the molecule is COc1ccccc1NC(C(=O)O)C1CCCC1. The number of carbonyl (C=O) groups is 1. The molecule has 1 aliphatic rings. The highest BCUT2D eigenvalue weighted by molar-refractivity contribution is 5.78. The van der Waals surface area contributed by atoms with Crippen LogP contribution < -0.4 is 10.1 Å². The summed E-state index contributed by atoms with van der Waals surface area (Å²) in [5.41, 5.74) is 0.749. The first-order valence-corrected chi connectivity index (χ1v) is 6.34. The van der Waals surface area contributed by atoms with E-state index in [0.717, 1.165) is 31.4 Å². The first kappa shape index (κ1) is 12.7. The maximum absolute atomic E-state index is 11.4. The van der Waals surface area contributed by atoms with Crippen LogP contribution in [0.5, 0.6) is 5.75 Å². The molecule has 0 aromatic heterocycles. The third-order valence-electron chi connectivity index (χ3n) is 3.56. The van der Waals surface area contributed by atoms with Gasteiger partial charge in [-0.2, -0.15) is 0 Å². The largest absolute Gasteiger partial charge is 0.495 e.